The van der Waals surface area contributed by atoms with Crippen molar-refractivity contribution in [2.45, 2.75) is 11.8 Å². The van der Waals surface area contributed by atoms with Crippen molar-refractivity contribution in [3.63, 3.8) is 0 Å². The molecular weight excluding hydrogens is 466 g/mol. The number of carbonyl (C=O) groups is 2. The standard InChI is InChI=1S/C23H22ClN3O5S/c1-2-32-18-11-9-17(10-12-18)27(33(30,31)19-13-7-16(24)8-14-19)15-22(28)26-21-6-4-3-5-20(21)23(25)29/h3-14H,2,15H2,1H3,(H2,25,29)(H,26,28). The van der Waals surface area contributed by atoms with Crippen molar-refractivity contribution in [3.8, 4) is 5.75 Å². The highest BCUT2D eigenvalue weighted by molar-refractivity contribution is 7.92. The van der Waals surface area contributed by atoms with Crippen molar-refractivity contribution in [3.05, 3.63) is 83.4 Å². The Hall–Kier alpha value is -3.56. The zero-order chi connectivity index (χ0) is 24.0. The molecule has 3 rings (SSSR count). The number of nitrogens with two attached hydrogens (primary N) is 1. The van der Waals surface area contributed by atoms with E-state index in [-0.39, 0.29) is 21.8 Å². The normalized spacial score (nSPS) is 11.0. The second-order valence-electron chi connectivity index (χ2n) is 6.85. The fourth-order valence-corrected chi connectivity index (χ4v) is 4.60. The lowest BCUT2D eigenvalue weighted by molar-refractivity contribution is -0.114. The zero-order valence-corrected chi connectivity index (χ0v) is 19.3. The molecular formula is C23H22ClN3O5S. The molecule has 0 unspecified atom stereocenters. The van der Waals surface area contributed by atoms with Crippen LogP contribution in [0.5, 0.6) is 5.75 Å². The summed E-state index contributed by atoms with van der Waals surface area (Å²) in [6, 6.07) is 18.1. The van der Waals surface area contributed by atoms with Gasteiger partial charge in [-0.15, -0.1) is 0 Å². The fourth-order valence-electron chi connectivity index (χ4n) is 3.05. The van der Waals surface area contributed by atoms with Crippen LogP contribution in [0.2, 0.25) is 5.02 Å². The molecule has 2 amide bonds. The Bertz CT molecular complexity index is 1250. The van der Waals surface area contributed by atoms with Gasteiger partial charge in [-0.2, -0.15) is 0 Å². The van der Waals surface area contributed by atoms with Crippen LogP contribution in [-0.2, 0) is 14.8 Å². The Labute approximate surface area is 197 Å². The molecule has 0 fully saturated rings. The molecule has 0 atom stereocenters. The van der Waals surface area contributed by atoms with Gasteiger partial charge in [0.1, 0.15) is 12.3 Å². The lowest BCUT2D eigenvalue weighted by atomic mass is 10.1. The Morgan fingerprint density at radius 1 is 1.00 bits per heavy atom. The van der Waals surface area contributed by atoms with Crippen LogP contribution in [0, 0.1) is 0 Å². The number of carbonyl (C=O) groups excluding carboxylic acids is 2. The molecule has 0 saturated carbocycles. The van der Waals surface area contributed by atoms with Gasteiger partial charge in [0.25, 0.3) is 15.9 Å². The number of anilines is 2. The third kappa shape index (κ3) is 5.82. The lowest BCUT2D eigenvalue weighted by Crippen LogP contribution is -2.38. The van der Waals surface area contributed by atoms with Gasteiger partial charge in [0, 0.05) is 5.02 Å². The SMILES string of the molecule is CCOc1ccc(N(CC(=O)Nc2ccccc2C(N)=O)S(=O)(=O)c2ccc(Cl)cc2)cc1. The first-order valence-electron chi connectivity index (χ1n) is 9.92. The minimum absolute atomic E-state index is 0.0360. The number of ether oxygens (including phenoxy) is 1. The van der Waals surface area contributed by atoms with Crippen LogP contribution in [-0.4, -0.2) is 33.4 Å². The molecule has 10 heteroatoms. The number of halogens is 1. The van der Waals surface area contributed by atoms with Crippen molar-refractivity contribution < 1.29 is 22.7 Å². The average molecular weight is 488 g/mol. The summed E-state index contributed by atoms with van der Waals surface area (Å²) in [5, 5.41) is 2.94. The molecule has 8 nitrogen and oxygen atoms in total. The molecule has 0 aromatic heterocycles. The quantitative estimate of drug-likeness (QED) is 0.477. The number of para-hydroxylation sites is 1. The Balaban J connectivity index is 1.96. The van der Waals surface area contributed by atoms with Gasteiger partial charge in [-0.25, -0.2) is 8.42 Å². The van der Waals surface area contributed by atoms with E-state index in [1.165, 1.54) is 36.4 Å². The van der Waals surface area contributed by atoms with Crippen LogP contribution in [0.15, 0.2) is 77.7 Å². The van der Waals surface area contributed by atoms with E-state index >= 15 is 0 Å². The highest BCUT2D eigenvalue weighted by Gasteiger charge is 2.27. The number of nitrogens with one attached hydrogen (secondary N) is 1. The second-order valence-corrected chi connectivity index (χ2v) is 9.15. The molecule has 0 saturated heterocycles. The van der Waals surface area contributed by atoms with Crippen molar-refractivity contribution in [1.29, 1.82) is 0 Å². The number of rotatable bonds is 9. The Morgan fingerprint density at radius 3 is 2.24 bits per heavy atom. The zero-order valence-electron chi connectivity index (χ0n) is 17.7. The predicted molar refractivity (Wildman–Crippen MR) is 127 cm³/mol. The topological polar surface area (TPSA) is 119 Å². The van der Waals surface area contributed by atoms with Crippen molar-refractivity contribution >= 4 is 44.8 Å². The van der Waals surface area contributed by atoms with Gasteiger partial charge in [-0.1, -0.05) is 23.7 Å². The van der Waals surface area contributed by atoms with E-state index in [4.69, 9.17) is 22.1 Å². The Morgan fingerprint density at radius 2 is 1.64 bits per heavy atom. The Kier molecular flexibility index (Phi) is 7.57. The third-order valence-electron chi connectivity index (χ3n) is 4.59. The van der Waals surface area contributed by atoms with Gasteiger partial charge < -0.3 is 15.8 Å². The van der Waals surface area contributed by atoms with Crippen LogP contribution < -0.4 is 20.1 Å². The summed E-state index contributed by atoms with van der Waals surface area (Å²) in [6.45, 7) is 1.74. The van der Waals surface area contributed by atoms with Gasteiger partial charge in [0.05, 0.1) is 28.4 Å². The van der Waals surface area contributed by atoms with E-state index in [9.17, 15) is 18.0 Å². The van der Waals surface area contributed by atoms with E-state index in [0.717, 1.165) is 4.31 Å². The minimum atomic E-state index is -4.13. The first-order chi connectivity index (χ1) is 15.7. The maximum absolute atomic E-state index is 13.4. The number of hydrogen-bond donors (Lipinski definition) is 2. The van der Waals surface area contributed by atoms with Crippen LogP contribution >= 0.6 is 11.6 Å². The van der Waals surface area contributed by atoms with Gasteiger partial charge in [0.15, 0.2) is 0 Å². The molecule has 3 N–H and O–H groups in total. The van der Waals surface area contributed by atoms with E-state index < -0.39 is 28.4 Å². The molecule has 3 aromatic rings. The first-order valence-corrected chi connectivity index (χ1v) is 11.7. The van der Waals surface area contributed by atoms with Crippen LogP contribution in [0.3, 0.4) is 0 Å². The molecule has 0 aliphatic rings. The number of nitrogens with zero attached hydrogens (tertiary/aromatic N) is 1. The van der Waals surface area contributed by atoms with E-state index in [2.05, 4.69) is 5.32 Å². The number of amides is 2. The van der Waals surface area contributed by atoms with Gasteiger partial charge in [-0.05, 0) is 67.6 Å². The van der Waals surface area contributed by atoms with Crippen molar-refractivity contribution in [2.75, 3.05) is 22.8 Å². The van der Waals surface area contributed by atoms with Crippen molar-refractivity contribution in [1.82, 2.24) is 0 Å². The maximum Gasteiger partial charge on any atom is 0.264 e. The number of primary amides is 1. The number of sulfonamides is 1. The smallest absolute Gasteiger partial charge is 0.264 e. The fraction of sp³-hybridized carbons (Fsp3) is 0.130. The van der Waals surface area contributed by atoms with E-state index in [0.29, 0.717) is 17.4 Å². The number of benzene rings is 3. The van der Waals surface area contributed by atoms with Crippen LogP contribution in [0.25, 0.3) is 0 Å². The van der Waals surface area contributed by atoms with Crippen LogP contribution in [0.4, 0.5) is 11.4 Å². The minimum Gasteiger partial charge on any atom is -0.494 e. The third-order valence-corrected chi connectivity index (χ3v) is 6.63. The summed E-state index contributed by atoms with van der Waals surface area (Å²) in [4.78, 5) is 24.5. The number of hydrogen-bond acceptors (Lipinski definition) is 5. The molecule has 0 aliphatic carbocycles. The lowest BCUT2D eigenvalue weighted by Gasteiger charge is -2.24. The molecule has 0 aliphatic heterocycles. The first kappa shape index (κ1) is 24.1. The van der Waals surface area contributed by atoms with Crippen molar-refractivity contribution in [2.24, 2.45) is 5.73 Å². The average Bonchev–Trinajstić information content (AvgIpc) is 2.79. The molecule has 33 heavy (non-hydrogen) atoms. The van der Waals surface area contributed by atoms with Gasteiger partial charge >= 0.3 is 0 Å². The molecule has 172 valence electrons. The molecule has 0 heterocycles. The van der Waals surface area contributed by atoms with Gasteiger partial charge in [-0.3, -0.25) is 13.9 Å². The molecule has 3 aromatic carbocycles. The summed E-state index contributed by atoms with van der Waals surface area (Å²) in [5.74, 6) is -0.817. The maximum atomic E-state index is 13.4. The van der Waals surface area contributed by atoms with E-state index in [1.807, 2.05) is 6.92 Å². The highest BCUT2D eigenvalue weighted by atomic mass is 35.5. The van der Waals surface area contributed by atoms with Crippen LogP contribution in [0.1, 0.15) is 17.3 Å². The molecule has 0 spiro atoms. The summed E-state index contributed by atoms with van der Waals surface area (Å²) in [5.41, 5.74) is 5.91. The molecule has 0 radical (unpaired) electrons. The predicted octanol–water partition coefficient (Wildman–Crippen LogP) is 3.67. The van der Waals surface area contributed by atoms with Gasteiger partial charge in [0.2, 0.25) is 5.91 Å². The second kappa shape index (κ2) is 10.4. The highest BCUT2D eigenvalue weighted by Crippen LogP contribution is 2.27. The largest absolute Gasteiger partial charge is 0.494 e. The summed E-state index contributed by atoms with van der Waals surface area (Å²) >= 11 is 5.90. The summed E-state index contributed by atoms with van der Waals surface area (Å²) < 4.78 is 33.2. The summed E-state index contributed by atoms with van der Waals surface area (Å²) in [6.07, 6.45) is 0. The van der Waals surface area contributed by atoms with E-state index in [1.54, 1.807) is 36.4 Å². The monoisotopic (exact) mass is 487 g/mol. The summed E-state index contributed by atoms with van der Waals surface area (Å²) in [7, 11) is -4.13. The molecule has 0 bridgehead atoms.